The monoisotopic (exact) mass is 381 g/mol. The summed E-state index contributed by atoms with van der Waals surface area (Å²) in [5, 5.41) is 2.87. The number of fused-ring (bicyclic) bond motifs is 1. The van der Waals surface area contributed by atoms with Crippen LogP contribution in [0.5, 0.6) is 5.75 Å². The van der Waals surface area contributed by atoms with E-state index in [1.807, 2.05) is 0 Å². The van der Waals surface area contributed by atoms with Crippen molar-refractivity contribution in [1.29, 1.82) is 0 Å². The van der Waals surface area contributed by atoms with Gasteiger partial charge in [0.25, 0.3) is 0 Å². The number of carbonyl (C=O) groups excluding carboxylic acids is 2. The standard InChI is InChI=1S/C17H23N3O5S/c1-12(21)20-9-10-25-16-4-3-14(11-15(16)20)18-17(22)13-5-7-19(8-6-13)26(2,23)24/h3-4,11,13H,5-10H2,1-2H3,(H,18,22). The van der Waals surface area contributed by atoms with E-state index < -0.39 is 10.0 Å². The Morgan fingerprint density at radius 1 is 1.19 bits per heavy atom. The van der Waals surface area contributed by atoms with Crippen molar-refractivity contribution in [2.45, 2.75) is 19.8 Å². The van der Waals surface area contributed by atoms with E-state index in [2.05, 4.69) is 5.32 Å². The van der Waals surface area contributed by atoms with Crippen LogP contribution in [0.4, 0.5) is 11.4 Å². The van der Waals surface area contributed by atoms with Crippen LogP contribution >= 0.6 is 0 Å². The number of nitrogens with zero attached hydrogens (tertiary/aromatic N) is 2. The topological polar surface area (TPSA) is 96.0 Å². The van der Waals surface area contributed by atoms with Crippen molar-refractivity contribution in [2.24, 2.45) is 5.92 Å². The summed E-state index contributed by atoms with van der Waals surface area (Å²) in [6.07, 6.45) is 2.17. The number of piperidine rings is 1. The molecule has 0 bridgehead atoms. The maximum Gasteiger partial charge on any atom is 0.227 e. The van der Waals surface area contributed by atoms with Crippen LogP contribution < -0.4 is 15.0 Å². The molecular weight excluding hydrogens is 358 g/mol. The summed E-state index contributed by atoms with van der Waals surface area (Å²) in [6.45, 7) is 3.12. The van der Waals surface area contributed by atoms with E-state index in [-0.39, 0.29) is 17.7 Å². The second-order valence-corrected chi connectivity index (χ2v) is 8.61. The molecule has 0 atom stereocenters. The Kier molecular flexibility index (Phi) is 5.19. The highest BCUT2D eigenvalue weighted by atomic mass is 32.2. The maximum absolute atomic E-state index is 12.5. The summed E-state index contributed by atoms with van der Waals surface area (Å²) in [5.41, 5.74) is 1.24. The molecule has 8 nitrogen and oxygen atoms in total. The molecule has 2 amide bonds. The molecule has 0 spiro atoms. The van der Waals surface area contributed by atoms with Crippen LogP contribution in [0.25, 0.3) is 0 Å². The second-order valence-electron chi connectivity index (χ2n) is 6.63. The van der Waals surface area contributed by atoms with Crippen LogP contribution in [-0.2, 0) is 19.6 Å². The maximum atomic E-state index is 12.5. The van der Waals surface area contributed by atoms with E-state index in [0.29, 0.717) is 56.2 Å². The van der Waals surface area contributed by atoms with E-state index in [0.717, 1.165) is 0 Å². The summed E-state index contributed by atoms with van der Waals surface area (Å²) < 4.78 is 30.1. The Hall–Kier alpha value is -2.13. The smallest absolute Gasteiger partial charge is 0.227 e. The molecule has 1 N–H and O–H groups in total. The van der Waals surface area contributed by atoms with Crippen molar-refractivity contribution in [3.05, 3.63) is 18.2 Å². The summed E-state index contributed by atoms with van der Waals surface area (Å²) >= 11 is 0. The number of amides is 2. The zero-order chi connectivity index (χ0) is 18.9. The van der Waals surface area contributed by atoms with Gasteiger partial charge in [-0.1, -0.05) is 0 Å². The molecule has 2 aliphatic heterocycles. The van der Waals surface area contributed by atoms with Gasteiger partial charge in [-0.15, -0.1) is 0 Å². The highest BCUT2D eigenvalue weighted by Gasteiger charge is 2.29. The first-order valence-corrected chi connectivity index (χ1v) is 10.4. The van der Waals surface area contributed by atoms with Gasteiger partial charge in [-0.25, -0.2) is 12.7 Å². The first-order valence-electron chi connectivity index (χ1n) is 8.56. The van der Waals surface area contributed by atoms with Crippen LogP contribution in [-0.4, -0.2) is 57.0 Å². The first kappa shape index (κ1) is 18.7. The molecule has 2 heterocycles. The molecule has 1 fully saturated rings. The fraction of sp³-hybridized carbons (Fsp3) is 0.529. The molecule has 3 rings (SSSR count). The molecule has 1 aromatic rings. The van der Waals surface area contributed by atoms with Crippen molar-refractivity contribution in [3.8, 4) is 5.75 Å². The quantitative estimate of drug-likeness (QED) is 0.844. The summed E-state index contributed by atoms with van der Waals surface area (Å²) in [7, 11) is -3.21. The van der Waals surface area contributed by atoms with Gasteiger partial charge in [-0.05, 0) is 31.0 Å². The van der Waals surface area contributed by atoms with E-state index >= 15 is 0 Å². The lowest BCUT2D eigenvalue weighted by Crippen LogP contribution is -2.41. The molecule has 1 saturated heterocycles. The Labute approximate surface area is 153 Å². The fourth-order valence-corrected chi connectivity index (χ4v) is 4.19. The van der Waals surface area contributed by atoms with Crippen molar-refractivity contribution in [1.82, 2.24) is 4.31 Å². The van der Waals surface area contributed by atoms with Crippen LogP contribution in [0.1, 0.15) is 19.8 Å². The highest BCUT2D eigenvalue weighted by molar-refractivity contribution is 7.88. The average molecular weight is 381 g/mol. The minimum absolute atomic E-state index is 0.0776. The van der Waals surface area contributed by atoms with E-state index in [1.54, 1.807) is 23.1 Å². The number of nitrogens with one attached hydrogen (secondary N) is 1. The number of carbonyl (C=O) groups is 2. The zero-order valence-electron chi connectivity index (χ0n) is 14.9. The van der Waals surface area contributed by atoms with Crippen molar-refractivity contribution < 1.29 is 22.7 Å². The van der Waals surface area contributed by atoms with Crippen LogP contribution in [0.3, 0.4) is 0 Å². The lowest BCUT2D eigenvalue weighted by molar-refractivity contribution is -0.121. The van der Waals surface area contributed by atoms with E-state index in [9.17, 15) is 18.0 Å². The number of hydrogen-bond acceptors (Lipinski definition) is 5. The number of ether oxygens (including phenoxy) is 1. The SMILES string of the molecule is CC(=O)N1CCOc2ccc(NC(=O)C3CCN(S(C)(=O)=O)CC3)cc21. The third-order valence-electron chi connectivity index (χ3n) is 4.76. The number of rotatable bonds is 3. The molecule has 26 heavy (non-hydrogen) atoms. The Bertz CT molecular complexity index is 816. The third kappa shape index (κ3) is 3.99. The van der Waals surface area contributed by atoms with Gasteiger partial charge in [0.2, 0.25) is 21.8 Å². The number of benzene rings is 1. The summed E-state index contributed by atoms with van der Waals surface area (Å²) in [4.78, 5) is 25.9. The van der Waals surface area contributed by atoms with Gasteiger partial charge in [0.05, 0.1) is 18.5 Å². The Morgan fingerprint density at radius 2 is 1.88 bits per heavy atom. The van der Waals surface area contributed by atoms with E-state index in [4.69, 9.17) is 4.74 Å². The second kappa shape index (κ2) is 7.24. The van der Waals surface area contributed by atoms with Gasteiger partial charge in [-0.2, -0.15) is 0 Å². The zero-order valence-corrected chi connectivity index (χ0v) is 15.7. The fourth-order valence-electron chi connectivity index (χ4n) is 3.32. The number of sulfonamides is 1. The molecule has 0 aromatic heterocycles. The molecule has 0 unspecified atom stereocenters. The van der Waals surface area contributed by atoms with Gasteiger partial charge in [0, 0.05) is 31.6 Å². The van der Waals surface area contributed by atoms with Gasteiger partial charge >= 0.3 is 0 Å². The molecule has 0 radical (unpaired) electrons. The minimum Gasteiger partial charge on any atom is -0.490 e. The normalized spacial score (nSPS) is 18.8. The highest BCUT2D eigenvalue weighted by Crippen LogP contribution is 2.34. The van der Waals surface area contributed by atoms with Crippen LogP contribution in [0.15, 0.2) is 18.2 Å². The number of anilines is 2. The summed E-state index contributed by atoms with van der Waals surface area (Å²) in [5.74, 6) is 0.172. The van der Waals surface area contributed by atoms with Gasteiger partial charge in [0.15, 0.2) is 0 Å². The van der Waals surface area contributed by atoms with Gasteiger partial charge < -0.3 is 15.0 Å². The van der Waals surface area contributed by atoms with Gasteiger partial charge in [0.1, 0.15) is 12.4 Å². The predicted octanol–water partition coefficient (Wildman–Crippen LogP) is 1.04. The minimum atomic E-state index is -3.21. The molecule has 2 aliphatic rings. The molecule has 0 aliphatic carbocycles. The van der Waals surface area contributed by atoms with Crippen LogP contribution in [0, 0.1) is 5.92 Å². The van der Waals surface area contributed by atoms with Crippen molar-refractivity contribution in [2.75, 3.05) is 42.7 Å². The molecule has 9 heteroatoms. The van der Waals surface area contributed by atoms with Gasteiger partial charge in [-0.3, -0.25) is 9.59 Å². The molecule has 0 saturated carbocycles. The molecule has 142 valence electrons. The van der Waals surface area contributed by atoms with Crippen molar-refractivity contribution >= 4 is 33.2 Å². The van der Waals surface area contributed by atoms with Crippen molar-refractivity contribution in [3.63, 3.8) is 0 Å². The predicted molar refractivity (Wildman–Crippen MR) is 97.7 cm³/mol. The van der Waals surface area contributed by atoms with Crippen LogP contribution in [0.2, 0.25) is 0 Å². The first-order chi connectivity index (χ1) is 12.3. The third-order valence-corrected chi connectivity index (χ3v) is 6.07. The Morgan fingerprint density at radius 3 is 2.50 bits per heavy atom. The lowest BCUT2D eigenvalue weighted by atomic mass is 9.97. The average Bonchev–Trinajstić information content (AvgIpc) is 2.60. The Balaban J connectivity index is 1.67. The largest absolute Gasteiger partial charge is 0.490 e. The summed E-state index contributed by atoms with van der Waals surface area (Å²) in [6, 6.07) is 5.22. The molecular formula is C17H23N3O5S. The molecule has 1 aromatic carbocycles. The van der Waals surface area contributed by atoms with E-state index in [1.165, 1.54) is 17.5 Å². The number of hydrogen-bond donors (Lipinski definition) is 1. The lowest BCUT2D eigenvalue weighted by Gasteiger charge is -2.30.